The Hall–Kier alpha value is -1.13. The number of rotatable bonds is 3. The van der Waals surface area contributed by atoms with Crippen molar-refractivity contribution in [3.63, 3.8) is 0 Å². The molecule has 1 atom stereocenters. The maximum atomic E-state index is 4.10. The molecular formula is C12H15N3S. The van der Waals surface area contributed by atoms with Crippen molar-refractivity contribution in [1.82, 2.24) is 15.5 Å². The standard InChI is InChI=1S/C12H15N3S/c1-2-12-10(7-14-15-12)5-11(1)13-6-9-3-4-16-8-9/h3-4,7-8,11,13H,1-2,5-6H2,(H,14,15). The van der Waals surface area contributed by atoms with Crippen LogP contribution < -0.4 is 5.32 Å². The van der Waals surface area contributed by atoms with E-state index in [1.165, 1.54) is 23.2 Å². The van der Waals surface area contributed by atoms with Gasteiger partial charge in [-0.3, -0.25) is 5.10 Å². The molecule has 2 heterocycles. The molecule has 0 saturated carbocycles. The molecule has 0 bridgehead atoms. The second kappa shape index (κ2) is 4.39. The quantitative estimate of drug-likeness (QED) is 0.852. The lowest BCUT2D eigenvalue weighted by atomic mass is 9.93. The van der Waals surface area contributed by atoms with Gasteiger partial charge in [-0.2, -0.15) is 16.4 Å². The van der Waals surface area contributed by atoms with Crippen molar-refractivity contribution >= 4 is 11.3 Å². The summed E-state index contributed by atoms with van der Waals surface area (Å²) >= 11 is 1.76. The fourth-order valence-electron chi connectivity index (χ4n) is 2.25. The minimum atomic E-state index is 0.602. The summed E-state index contributed by atoms with van der Waals surface area (Å²) in [6.07, 6.45) is 5.40. The highest BCUT2D eigenvalue weighted by Gasteiger charge is 2.19. The maximum Gasteiger partial charge on any atom is 0.0522 e. The molecule has 1 aliphatic carbocycles. The van der Waals surface area contributed by atoms with Crippen LogP contribution in [0.5, 0.6) is 0 Å². The second-order valence-corrected chi connectivity index (χ2v) is 5.11. The van der Waals surface area contributed by atoms with Gasteiger partial charge in [-0.25, -0.2) is 0 Å². The minimum Gasteiger partial charge on any atom is -0.310 e. The molecule has 1 unspecified atom stereocenters. The Morgan fingerprint density at radius 2 is 2.56 bits per heavy atom. The highest BCUT2D eigenvalue weighted by Crippen LogP contribution is 2.19. The maximum absolute atomic E-state index is 4.10. The van der Waals surface area contributed by atoms with Crippen molar-refractivity contribution in [2.24, 2.45) is 0 Å². The molecule has 3 nitrogen and oxygen atoms in total. The van der Waals surface area contributed by atoms with Gasteiger partial charge < -0.3 is 5.32 Å². The molecule has 0 aliphatic heterocycles. The molecule has 0 saturated heterocycles. The summed E-state index contributed by atoms with van der Waals surface area (Å²) in [7, 11) is 0. The van der Waals surface area contributed by atoms with Gasteiger partial charge in [0.2, 0.25) is 0 Å². The number of aromatic nitrogens is 2. The Balaban J connectivity index is 1.58. The third-order valence-electron chi connectivity index (χ3n) is 3.19. The normalized spacial score (nSPS) is 19.6. The van der Waals surface area contributed by atoms with E-state index in [-0.39, 0.29) is 0 Å². The summed E-state index contributed by atoms with van der Waals surface area (Å²) < 4.78 is 0. The zero-order valence-corrected chi connectivity index (χ0v) is 9.89. The number of nitrogens with one attached hydrogen (secondary N) is 2. The third kappa shape index (κ3) is 2.03. The lowest BCUT2D eigenvalue weighted by molar-refractivity contribution is 0.456. The van der Waals surface area contributed by atoms with Gasteiger partial charge in [0.1, 0.15) is 0 Å². The summed E-state index contributed by atoms with van der Waals surface area (Å²) in [6, 6.07) is 2.79. The van der Waals surface area contributed by atoms with Gasteiger partial charge >= 0.3 is 0 Å². The molecule has 4 heteroatoms. The number of hydrogen-bond acceptors (Lipinski definition) is 3. The molecule has 16 heavy (non-hydrogen) atoms. The summed E-state index contributed by atoms with van der Waals surface area (Å²) in [5.41, 5.74) is 4.10. The topological polar surface area (TPSA) is 40.7 Å². The monoisotopic (exact) mass is 233 g/mol. The van der Waals surface area contributed by atoms with Crippen LogP contribution in [0.25, 0.3) is 0 Å². The van der Waals surface area contributed by atoms with Gasteiger partial charge in [0.25, 0.3) is 0 Å². The number of aryl methyl sites for hydroxylation is 1. The zero-order valence-electron chi connectivity index (χ0n) is 9.07. The van der Waals surface area contributed by atoms with Gasteiger partial charge in [-0.15, -0.1) is 0 Å². The van der Waals surface area contributed by atoms with Gasteiger partial charge in [0, 0.05) is 18.3 Å². The van der Waals surface area contributed by atoms with E-state index < -0.39 is 0 Å². The molecule has 2 aromatic rings. The van der Waals surface area contributed by atoms with Gasteiger partial charge in [0.05, 0.1) is 6.20 Å². The molecule has 1 aliphatic rings. The number of thiophene rings is 1. The van der Waals surface area contributed by atoms with Crippen molar-refractivity contribution in [2.75, 3.05) is 0 Å². The Morgan fingerprint density at radius 3 is 3.44 bits per heavy atom. The first-order valence-electron chi connectivity index (χ1n) is 5.67. The van der Waals surface area contributed by atoms with Crippen LogP contribution in [0.1, 0.15) is 23.2 Å². The second-order valence-electron chi connectivity index (χ2n) is 4.33. The summed E-state index contributed by atoms with van der Waals surface area (Å²) in [4.78, 5) is 0. The van der Waals surface area contributed by atoms with E-state index in [4.69, 9.17) is 0 Å². The van der Waals surface area contributed by atoms with Crippen molar-refractivity contribution in [3.8, 4) is 0 Å². The zero-order chi connectivity index (χ0) is 10.8. The van der Waals surface area contributed by atoms with E-state index in [0.717, 1.165) is 19.4 Å². The largest absolute Gasteiger partial charge is 0.310 e. The van der Waals surface area contributed by atoms with Crippen molar-refractivity contribution in [1.29, 1.82) is 0 Å². The highest BCUT2D eigenvalue weighted by molar-refractivity contribution is 7.07. The molecule has 2 N–H and O–H groups in total. The molecule has 0 aromatic carbocycles. The average Bonchev–Trinajstić information content (AvgIpc) is 2.97. The van der Waals surface area contributed by atoms with Crippen LogP contribution in [0.3, 0.4) is 0 Å². The van der Waals surface area contributed by atoms with Crippen LogP contribution in [0.4, 0.5) is 0 Å². The third-order valence-corrected chi connectivity index (χ3v) is 3.92. The fourth-order valence-corrected chi connectivity index (χ4v) is 2.91. The lowest BCUT2D eigenvalue weighted by Crippen LogP contribution is -2.33. The van der Waals surface area contributed by atoms with Crippen LogP contribution in [0.2, 0.25) is 0 Å². The summed E-state index contributed by atoms with van der Waals surface area (Å²) in [5.74, 6) is 0. The first-order valence-corrected chi connectivity index (χ1v) is 6.61. The van der Waals surface area contributed by atoms with E-state index in [1.54, 1.807) is 11.3 Å². The molecule has 2 aromatic heterocycles. The lowest BCUT2D eigenvalue weighted by Gasteiger charge is -2.22. The first kappa shape index (κ1) is 10.1. The summed E-state index contributed by atoms with van der Waals surface area (Å²) in [5, 5.41) is 15.1. The van der Waals surface area contributed by atoms with E-state index in [2.05, 4.69) is 32.3 Å². The van der Waals surface area contributed by atoms with Crippen molar-refractivity contribution in [2.45, 2.75) is 31.8 Å². The molecule has 0 radical (unpaired) electrons. The number of aromatic amines is 1. The predicted molar refractivity (Wildman–Crippen MR) is 65.6 cm³/mol. The van der Waals surface area contributed by atoms with Crippen molar-refractivity contribution < 1.29 is 0 Å². The Labute approximate surface area is 98.9 Å². The van der Waals surface area contributed by atoms with Crippen LogP contribution in [0.15, 0.2) is 23.0 Å². The molecule has 3 rings (SSSR count). The molecule has 0 amide bonds. The predicted octanol–water partition coefficient (Wildman–Crippen LogP) is 2.12. The van der Waals surface area contributed by atoms with Crippen LogP contribution in [-0.2, 0) is 19.4 Å². The van der Waals surface area contributed by atoms with Crippen molar-refractivity contribution in [3.05, 3.63) is 39.8 Å². The summed E-state index contributed by atoms with van der Waals surface area (Å²) in [6.45, 7) is 0.987. The van der Waals surface area contributed by atoms with E-state index in [9.17, 15) is 0 Å². The van der Waals surface area contributed by atoms with Gasteiger partial charge in [-0.1, -0.05) is 0 Å². The average molecular weight is 233 g/mol. The highest BCUT2D eigenvalue weighted by atomic mass is 32.1. The SMILES string of the molecule is c1cc(CNC2CCc3[nH]ncc3C2)cs1. The number of H-pyrrole nitrogens is 1. The van der Waals surface area contributed by atoms with Gasteiger partial charge in [-0.05, 0) is 47.2 Å². The molecule has 0 spiro atoms. The van der Waals surface area contributed by atoms with Crippen LogP contribution >= 0.6 is 11.3 Å². The number of hydrogen-bond donors (Lipinski definition) is 2. The Bertz CT molecular complexity index is 447. The van der Waals surface area contributed by atoms with E-state index in [1.807, 2.05) is 6.20 Å². The van der Waals surface area contributed by atoms with Gasteiger partial charge in [0.15, 0.2) is 0 Å². The minimum absolute atomic E-state index is 0.602. The molecule has 84 valence electrons. The van der Waals surface area contributed by atoms with E-state index in [0.29, 0.717) is 6.04 Å². The Kier molecular flexibility index (Phi) is 2.76. The molecule has 0 fully saturated rings. The Morgan fingerprint density at radius 1 is 1.56 bits per heavy atom. The van der Waals surface area contributed by atoms with Crippen LogP contribution in [-0.4, -0.2) is 16.2 Å². The first-order chi connectivity index (χ1) is 7.92. The molecular weight excluding hydrogens is 218 g/mol. The van der Waals surface area contributed by atoms with E-state index >= 15 is 0 Å². The smallest absolute Gasteiger partial charge is 0.0522 e. The number of fused-ring (bicyclic) bond motifs is 1. The van der Waals surface area contributed by atoms with Crippen LogP contribution in [0, 0.1) is 0 Å². The number of nitrogens with zero attached hydrogens (tertiary/aromatic N) is 1. The fraction of sp³-hybridized carbons (Fsp3) is 0.417.